The number of carbonyl (C=O) groups is 1. The van der Waals surface area contributed by atoms with E-state index >= 15 is 0 Å². The summed E-state index contributed by atoms with van der Waals surface area (Å²) in [5.74, 6) is 0.467. The van der Waals surface area contributed by atoms with Gasteiger partial charge in [0.15, 0.2) is 11.7 Å². The molecule has 6 heteroatoms. The Morgan fingerprint density at radius 1 is 1.26 bits per heavy atom. The molecule has 0 saturated carbocycles. The number of aromatic nitrogens is 1. The number of carbonyl (C=O) groups excluding carboxylic acids is 1. The number of nitrogens with zero attached hydrogens (tertiary/aromatic N) is 1. The van der Waals surface area contributed by atoms with Crippen molar-refractivity contribution in [3.63, 3.8) is 0 Å². The molecule has 0 atom stereocenters. The second kappa shape index (κ2) is 7.02. The second-order valence-corrected chi connectivity index (χ2v) is 6.91. The largest absolute Gasteiger partial charge is 0.484 e. The lowest BCUT2D eigenvalue weighted by molar-refractivity contribution is -0.118. The number of thioether (sulfide) groups is 1. The van der Waals surface area contributed by atoms with Gasteiger partial charge in [-0.15, -0.1) is 11.8 Å². The maximum atomic E-state index is 12.0. The molecule has 0 bridgehead atoms. The van der Waals surface area contributed by atoms with E-state index in [1.54, 1.807) is 11.8 Å². The van der Waals surface area contributed by atoms with Crippen LogP contribution in [0.15, 0.2) is 47.4 Å². The molecule has 1 aromatic heterocycles. The van der Waals surface area contributed by atoms with Gasteiger partial charge >= 0.3 is 0 Å². The summed E-state index contributed by atoms with van der Waals surface area (Å²) < 4.78 is 6.53. The van der Waals surface area contributed by atoms with Crippen molar-refractivity contribution < 1.29 is 9.53 Å². The van der Waals surface area contributed by atoms with E-state index in [2.05, 4.69) is 16.4 Å². The Kier molecular flexibility index (Phi) is 4.83. The third-order valence-corrected chi connectivity index (χ3v) is 4.89. The number of amides is 1. The van der Waals surface area contributed by atoms with Crippen molar-refractivity contribution in [1.29, 1.82) is 0 Å². The van der Waals surface area contributed by atoms with Crippen molar-refractivity contribution in [2.24, 2.45) is 0 Å². The van der Waals surface area contributed by atoms with Crippen LogP contribution < -0.4 is 10.1 Å². The van der Waals surface area contributed by atoms with Gasteiger partial charge in [0, 0.05) is 4.90 Å². The van der Waals surface area contributed by atoms with E-state index in [0.29, 0.717) is 10.9 Å². The molecular weight excluding hydrogens is 328 g/mol. The van der Waals surface area contributed by atoms with Gasteiger partial charge in [0.2, 0.25) is 0 Å². The van der Waals surface area contributed by atoms with Crippen LogP contribution in [0.25, 0.3) is 10.2 Å². The first-order valence-electron chi connectivity index (χ1n) is 7.08. The maximum absolute atomic E-state index is 12.0. The smallest absolute Gasteiger partial charge is 0.264 e. The van der Waals surface area contributed by atoms with Crippen molar-refractivity contribution in [2.75, 3.05) is 18.2 Å². The van der Waals surface area contributed by atoms with Crippen LogP contribution in [0.3, 0.4) is 0 Å². The van der Waals surface area contributed by atoms with Gasteiger partial charge in [-0.3, -0.25) is 10.1 Å². The van der Waals surface area contributed by atoms with Crippen molar-refractivity contribution in [2.45, 2.75) is 11.8 Å². The van der Waals surface area contributed by atoms with Crippen molar-refractivity contribution in [1.82, 2.24) is 4.98 Å². The Hall–Kier alpha value is -2.05. The van der Waals surface area contributed by atoms with E-state index in [9.17, 15) is 4.79 Å². The lowest BCUT2D eigenvalue weighted by Crippen LogP contribution is -2.19. The predicted molar refractivity (Wildman–Crippen MR) is 96.7 cm³/mol. The molecule has 3 rings (SSSR count). The molecule has 0 radical (unpaired) electrons. The number of anilines is 1. The third-order valence-electron chi connectivity index (χ3n) is 3.23. The molecule has 0 spiro atoms. The Morgan fingerprint density at radius 2 is 2.04 bits per heavy atom. The van der Waals surface area contributed by atoms with E-state index in [4.69, 9.17) is 4.74 Å². The number of nitrogens with one attached hydrogen (secondary N) is 1. The van der Waals surface area contributed by atoms with Crippen LogP contribution in [0.5, 0.6) is 5.75 Å². The van der Waals surface area contributed by atoms with Gasteiger partial charge in [0.1, 0.15) is 5.75 Å². The number of rotatable bonds is 5. The first kappa shape index (κ1) is 15.8. The average Bonchev–Trinajstić information content (AvgIpc) is 2.95. The Balaban J connectivity index is 1.62. The highest BCUT2D eigenvalue weighted by Crippen LogP contribution is 2.29. The molecule has 0 aliphatic heterocycles. The number of benzene rings is 2. The normalized spacial score (nSPS) is 10.7. The van der Waals surface area contributed by atoms with Gasteiger partial charge in [0.25, 0.3) is 5.91 Å². The second-order valence-electron chi connectivity index (χ2n) is 5.00. The summed E-state index contributed by atoms with van der Waals surface area (Å²) in [4.78, 5) is 17.6. The Labute approximate surface area is 142 Å². The lowest BCUT2D eigenvalue weighted by Gasteiger charge is -2.05. The standard InChI is InChI=1S/C17H16N2O2S2/c1-11-3-5-12(6-4-11)21-10-16(20)19-17-18-14-8-7-13(22-2)9-15(14)23-17/h3-9H,10H2,1-2H3,(H,18,19,20). The van der Waals surface area contributed by atoms with Gasteiger partial charge in [-0.2, -0.15) is 0 Å². The highest BCUT2D eigenvalue weighted by molar-refractivity contribution is 7.98. The molecule has 3 aromatic rings. The van der Waals surface area contributed by atoms with Crippen LogP contribution in [0.4, 0.5) is 5.13 Å². The summed E-state index contributed by atoms with van der Waals surface area (Å²) in [6.07, 6.45) is 2.04. The van der Waals surface area contributed by atoms with E-state index in [0.717, 1.165) is 15.8 Å². The molecule has 2 aromatic carbocycles. The first-order chi connectivity index (χ1) is 11.1. The molecule has 0 aliphatic rings. The SMILES string of the molecule is CSc1ccc2nc(NC(=O)COc3ccc(C)cc3)sc2c1. The zero-order valence-electron chi connectivity index (χ0n) is 12.8. The highest BCUT2D eigenvalue weighted by atomic mass is 32.2. The Bertz CT molecular complexity index is 828. The number of ether oxygens (including phenoxy) is 1. The minimum absolute atomic E-state index is 0.0327. The first-order valence-corrected chi connectivity index (χ1v) is 9.12. The highest BCUT2D eigenvalue weighted by Gasteiger charge is 2.09. The molecule has 1 N–H and O–H groups in total. The van der Waals surface area contributed by atoms with Crippen molar-refractivity contribution in [3.05, 3.63) is 48.0 Å². The number of hydrogen-bond acceptors (Lipinski definition) is 5. The van der Waals surface area contributed by atoms with Gasteiger partial charge in [-0.1, -0.05) is 29.0 Å². The number of fused-ring (bicyclic) bond motifs is 1. The number of hydrogen-bond donors (Lipinski definition) is 1. The van der Waals surface area contributed by atoms with Crippen LogP contribution in [-0.4, -0.2) is 23.8 Å². The third kappa shape index (κ3) is 4.03. The zero-order chi connectivity index (χ0) is 16.2. The summed E-state index contributed by atoms with van der Waals surface area (Å²) in [6.45, 7) is 1.97. The summed E-state index contributed by atoms with van der Waals surface area (Å²) in [5.41, 5.74) is 2.04. The van der Waals surface area contributed by atoms with Gasteiger partial charge < -0.3 is 4.74 Å². The van der Waals surface area contributed by atoms with Crippen LogP contribution in [0.2, 0.25) is 0 Å². The summed E-state index contributed by atoms with van der Waals surface area (Å²) in [6, 6.07) is 13.7. The molecule has 0 unspecified atom stereocenters. The number of thiazole rings is 1. The van der Waals surface area contributed by atoms with E-state index < -0.39 is 0 Å². The van der Waals surface area contributed by atoms with Gasteiger partial charge in [-0.25, -0.2) is 4.98 Å². The van der Waals surface area contributed by atoms with E-state index in [-0.39, 0.29) is 12.5 Å². The van der Waals surface area contributed by atoms with E-state index in [1.807, 2.05) is 49.6 Å². The van der Waals surface area contributed by atoms with Crippen LogP contribution in [0.1, 0.15) is 5.56 Å². The summed E-state index contributed by atoms with van der Waals surface area (Å²) >= 11 is 3.15. The molecule has 0 fully saturated rings. The molecule has 0 saturated heterocycles. The van der Waals surface area contributed by atoms with Crippen molar-refractivity contribution >= 4 is 44.4 Å². The predicted octanol–water partition coefficient (Wildman–Crippen LogP) is 4.34. The summed E-state index contributed by atoms with van der Waals surface area (Å²) in [5, 5.41) is 3.38. The van der Waals surface area contributed by atoms with Crippen molar-refractivity contribution in [3.8, 4) is 5.75 Å². The maximum Gasteiger partial charge on any atom is 0.264 e. The zero-order valence-corrected chi connectivity index (χ0v) is 14.5. The fourth-order valence-electron chi connectivity index (χ4n) is 2.02. The topological polar surface area (TPSA) is 51.2 Å². The minimum Gasteiger partial charge on any atom is -0.484 e. The summed E-state index contributed by atoms with van der Waals surface area (Å²) in [7, 11) is 0. The molecule has 1 amide bonds. The van der Waals surface area contributed by atoms with Crippen LogP contribution in [-0.2, 0) is 4.79 Å². The van der Waals surface area contributed by atoms with Crippen LogP contribution >= 0.6 is 23.1 Å². The molecular formula is C17H16N2O2S2. The lowest BCUT2D eigenvalue weighted by atomic mass is 10.2. The fraction of sp³-hybridized carbons (Fsp3) is 0.176. The monoisotopic (exact) mass is 344 g/mol. The molecule has 118 valence electrons. The molecule has 1 heterocycles. The Morgan fingerprint density at radius 3 is 2.78 bits per heavy atom. The quantitative estimate of drug-likeness (QED) is 0.699. The minimum atomic E-state index is -0.213. The fourth-order valence-corrected chi connectivity index (χ4v) is 3.46. The van der Waals surface area contributed by atoms with Gasteiger partial charge in [0.05, 0.1) is 10.2 Å². The van der Waals surface area contributed by atoms with Gasteiger partial charge in [-0.05, 0) is 43.5 Å². The van der Waals surface area contributed by atoms with Crippen LogP contribution in [0, 0.1) is 6.92 Å². The average molecular weight is 344 g/mol. The number of aryl methyl sites for hydroxylation is 1. The van der Waals surface area contributed by atoms with E-state index in [1.165, 1.54) is 16.2 Å². The molecule has 23 heavy (non-hydrogen) atoms. The molecule has 4 nitrogen and oxygen atoms in total. The molecule has 0 aliphatic carbocycles.